The minimum absolute atomic E-state index is 0.0129. The van der Waals surface area contributed by atoms with Crippen LogP contribution in [0.5, 0.6) is 0 Å². The standard InChI is InChI=1S/C18H21F2N5OS/c1-10-7-12(15(19)20)25-16(23-10)11(8-22-25)17(26)21-6-5-14-24-13(9-27-14)18(2,3)4/h7-9,15H,5-6H2,1-4H3,(H,21,26). The van der Waals surface area contributed by atoms with Crippen molar-refractivity contribution in [2.75, 3.05) is 6.54 Å². The van der Waals surface area contributed by atoms with Crippen molar-refractivity contribution >= 4 is 22.9 Å². The molecule has 144 valence electrons. The lowest BCUT2D eigenvalue weighted by atomic mass is 9.93. The van der Waals surface area contributed by atoms with Crippen LogP contribution < -0.4 is 5.32 Å². The minimum atomic E-state index is -2.70. The van der Waals surface area contributed by atoms with Crippen molar-refractivity contribution in [1.29, 1.82) is 0 Å². The molecular weight excluding hydrogens is 372 g/mol. The molecule has 0 fully saturated rings. The number of thiazole rings is 1. The molecule has 0 aromatic carbocycles. The number of fused-ring (bicyclic) bond motifs is 1. The number of rotatable bonds is 5. The van der Waals surface area contributed by atoms with Gasteiger partial charge in [-0.15, -0.1) is 11.3 Å². The molecule has 6 nitrogen and oxygen atoms in total. The average Bonchev–Trinajstić information content (AvgIpc) is 3.20. The van der Waals surface area contributed by atoms with Gasteiger partial charge in [0, 0.05) is 29.5 Å². The number of carbonyl (C=O) groups is 1. The summed E-state index contributed by atoms with van der Waals surface area (Å²) in [6.45, 7) is 8.29. The summed E-state index contributed by atoms with van der Waals surface area (Å²) >= 11 is 1.56. The Kier molecular flexibility index (Phi) is 5.23. The molecule has 0 bridgehead atoms. The van der Waals surface area contributed by atoms with Crippen molar-refractivity contribution in [2.24, 2.45) is 0 Å². The van der Waals surface area contributed by atoms with E-state index in [0.717, 1.165) is 15.2 Å². The Morgan fingerprint density at radius 3 is 2.70 bits per heavy atom. The summed E-state index contributed by atoms with van der Waals surface area (Å²) in [5.74, 6) is -0.393. The first kappa shape index (κ1) is 19.3. The molecule has 0 aliphatic heterocycles. The lowest BCUT2D eigenvalue weighted by Crippen LogP contribution is -2.25. The van der Waals surface area contributed by atoms with Crippen LogP contribution in [0.15, 0.2) is 17.6 Å². The Morgan fingerprint density at radius 1 is 1.33 bits per heavy atom. The van der Waals surface area contributed by atoms with Crippen LogP contribution in [0.1, 0.15) is 59.6 Å². The molecule has 0 radical (unpaired) electrons. The fourth-order valence-electron chi connectivity index (χ4n) is 2.58. The van der Waals surface area contributed by atoms with Crippen LogP contribution >= 0.6 is 11.3 Å². The van der Waals surface area contributed by atoms with Gasteiger partial charge in [-0.2, -0.15) is 5.10 Å². The van der Waals surface area contributed by atoms with Crippen molar-refractivity contribution in [2.45, 2.75) is 46.0 Å². The van der Waals surface area contributed by atoms with E-state index in [0.29, 0.717) is 18.7 Å². The van der Waals surface area contributed by atoms with Crippen LogP contribution in [0, 0.1) is 6.92 Å². The molecule has 0 spiro atoms. The fourth-order valence-corrected chi connectivity index (χ4v) is 3.60. The normalized spacial score (nSPS) is 12.1. The molecule has 3 heterocycles. The second-order valence-electron chi connectivity index (χ2n) is 7.30. The molecule has 9 heteroatoms. The molecule has 0 unspecified atom stereocenters. The molecule has 1 N–H and O–H groups in total. The maximum Gasteiger partial charge on any atom is 0.280 e. The van der Waals surface area contributed by atoms with Gasteiger partial charge in [-0.05, 0) is 13.0 Å². The number of halogens is 2. The molecule has 1 amide bonds. The van der Waals surface area contributed by atoms with E-state index in [1.807, 2.05) is 5.38 Å². The first-order valence-corrected chi connectivity index (χ1v) is 9.41. The summed E-state index contributed by atoms with van der Waals surface area (Å²) in [5, 5.41) is 9.66. The number of amides is 1. The Balaban J connectivity index is 1.71. The molecule has 0 aliphatic rings. The smallest absolute Gasteiger partial charge is 0.280 e. The lowest BCUT2D eigenvalue weighted by Gasteiger charge is -2.14. The van der Waals surface area contributed by atoms with E-state index in [1.165, 1.54) is 12.3 Å². The van der Waals surface area contributed by atoms with Crippen LogP contribution in [0.2, 0.25) is 0 Å². The summed E-state index contributed by atoms with van der Waals surface area (Å²) < 4.78 is 27.4. The van der Waals surface area contributed by atoms with Gasteiger partial charge in [-0.25, -0.2) is 23.3 Å². The molecule has 0 saturated heterocycles. The molecule has 0 saturated carbocycles. The summed E-state index contributed by atoms with van der Waals surface area (Å²) in [7, 11) is 0. The van der Waals surface area contributed by atoms with E-state index in [4.69, 9.17) is 0 Å². The first-order chi connectivity index (χ1) is 12.7. The molecule has 0 atom stereocenters. The number of aryl methyl sites for hydroxylation is 1. The highest BCUT2D eigenvalue weighted by Crippen LogP contribution is 2.24. The van der Waals surface area contributed by atoms with Gasteiger partial charge < -0.3 is 5.32 Å². The molecular formula is C18H21F2N5OS. The zero-order valence-corrected chi connectivity index (χ0v) is 16.4. The van der Waals surface area contributed by atoms with Crippen LogP contribution in [0.3, 0.4) is 0 Å². The van der Waals surface area contributed by atoms with Gasteiger partial charge in [0.1, 0.15) is 11.3 Å². The van der Waals surface area contributed by atoms with Gasteiger partial charge >= 0.3 is 0 Å². The van der Waals surface area contributed by atoms with Crippen molar-refractivity contribution in [3.05, 3.63) is 45.3 Å². The molecule has 0 aliphatic carbocycles. The topological polar surface area (TPSA) is 72.2 Å². The summed E-state index contributed by atoms with van der Waals surface area (Å²) in [5.41, 5.74) is 1.44. The van der Waals surface area contributed by atoms with E-state index in [9.17, 15) is 13.6 Å². The largest absolute Gasteiger partial charge is 0.351 e. The number of hydrogen-bond donors (Lipinski definition) is 1. The maximum atomic E-state index is 13.2. The molecule has 3 aromatic rings. The monoisotopic (exact) mass is 393 g/mol. The third-order valence-electron chi connectivity index (χ3n) is 4.04. The maximum absolute atomic E-state index is 13.2. The summed E-state index contributed by atoms with van der Waals surface area (Å²) in [6.07, 6.45) is -0.836. The molecule has 27 heavy (non-hydrogen) atoms. The average molecular weight is 393 g/mol. The van der Waals surface area contributed by atoms with E-state index >= 15 is 0 Å². The lowest BCUT2D eigenvalue weighted by molar-refractivity contribution is 0.0955. The van der Waals surface area contributed by atoms with Gasteiger partial charge in [0.25, 0.3) is 12.3 Å². The predicted molar refractivity (Wildman–Crippen MR) is 99.5 cm³/mol. The highest BCUT2D eigenvalue weighted by atomic mass is 32.1. The van der Waals surface area contributed by atoms with E-state index in [1.54, 1.807) is 18.3 Å². The minimum Gasteiger partial charge on any atom is -0.351 e. The number of aromatic nitrogens is 4. The zero-order valence-electron chi connectivity index (χ0n) is 15.6. The highest BCUT2D eigenvalue weighted by Gasteiger charge is 2.20. The third-order valence-corrected chi connectivity index (χ3v) is 4.95. The molecule has 3 aromatic heterocycles. The number of carbonyl (C=O) groups excluding carboxylic acids is 1. The van der Waals surface area contributed by atoms with E-state index in [2.05, 4.69) is 41.2 Å². The highest BCUT2D eigenvalue weighted by molar-refractivity contribution is 7.09. The third kappa shape index (κ3) is 4.13. The first-order valence-electron chi connectivity index (χ1n) is 8.53. The van der Waals surface area contributed by atoms with Gasteiger partial charge in [0.2, 0.25) is 0 Å². The predicted octanol–water partition coefficient (Wildman–Crippen LogP) is 3.70. The fraction of sp³-hybridized carbons (Fsp3) is 0.444. The van der Waals surface area contributed by atoms with Crippen LogP contribution in [0.4, 0.5) is 8.78 Å². The second-order valence-corrected chi connectivity index (χ2v) is 8.24. The number of nitrogens with zero attached hydrogens (tertiary/aromatic N) is 4. The van der Waals surface area contributed by atoms with Crippen LogP contribution in [-0.4, -0.2) is 32.0 Å². The van der Waals surface area contributed by atoms with Crippen molar-refractivity contribution in [3.8, 4) is 0 Å². The van der Waals surface area contributed by atoms with E-state index < -0.39 is 12.3 Å². The Labute approximate surface area is 159 Å². The quantitative estimate of drug-likeness (QED) is 0.717. The number of hydrogen-bond acceptors (Lipinski definition) is 5. The zero-order chi connectivity index (χ0) is 19.8. The van der Waals surface area contributed by atoms with E-state index in [-0.39, 0.29) is 22.3 Å². The Morgan fingerprint density at radius 2 is 2.07 bits per heavy atom. The van der Waals surface area contributed by atoms with Crippen molar-refractivity contribution in [3.63, 3.8) is 0 Å². The SMILES string of the molecule is Cc1cc(C(F)F)n2ncc(C(=O)NCCc3nc(C(C)(C)C)cs3)c2n1. The second kappa shape index (κ2) is 7.30. The van der Waals surface area contributed by atoms with Gasteiger partial charge in [-0.1, -0.05) is 20.8 Å². The van der Waals surface area contributed by atoms with Crippen LogP contribution in [-0.2, 0) is 11.8 Å². The van der Waals surface area contributed by atoms with Crippen LogP contribution in [0.25, 0.3) is 5.65 Å². The van der Waals surface area contributed by atoms with Gasteiger partial charge in [-0.3, -0.25) is 4.79 Å². The Bertz CT molecular complexity index is 974. The van der Waals surface area contributed by atoms with Gasteiger partial charge in [0.15, 0.2) is 5.65 Å². The van der Waals surface area contributed by atoms with Crippen molar-refractivity contribution < 1.29 is 13.6 Å². The van der Waals surface area contributed by atoms with Gasteiger partial charge in [0.05, 0.1) is 16.9 Å². The van der Waals surface area contributed by atoms with Crippen molar-refractivity contribution in [1.82, 2.24) is 24.9 Å². The Hall–Kier alpha value is -2.42. The number of nitrogens with one attached hydrogen (secondary N) is 1. The molecule has 3 rings (SSSR count). The summed E-state index contributed by atoms with van der Waals surface area (Å²) in [6, 6.07) is 1.27. The summed E-state index contributed by atoms with van der Waals surface area (Å²) in [4.78, 5) is 21.2. The number of alkyl halides is 2.